The van der Waals surface area contributed by atoms with Crippen LogP contribution in [0.2, 0.25) is 0 Å². The molecule has 106 valence electrons. The molecule has 0 aromatic heterocycles. The van der Waals surface area contributed by atoms with Crippen molar-refractivity contribution in [1.29, 1.82) is 0 Å². The number of benzene rings is 1. The van der Waals surface area contributed by atoms with Gasteiger partial charge in [-0.05, 0) is 12.1 Å². The average molecular weight is 275 g/mol. The zero-order valence-electron chi connectivity index (χ0n) is 10.6. The standard InChI is InChI=1S/C13H16F3NO2/c1-18-12(13(14,15)16)9-17(10-12)7-8-19-11-5-3-2-4-6-11/h2-6H,7-10H2,1H3. The molecule has 2 rings (SSSR count). The van der Waals surface area contributed by atoms with Crippen molar-refractivity contribution in [2.24, 2.45) is 0 Å². The molecule has 0 bridgehead atoms. The summed E-state index contributed by atoms with van der Waals surface area (Å²) >= 11 is 0. The molecule has 1 saturated heterocycles. The van der Waals surface area contributed by atoms with Crippen molar-refractivity contribution in [1.82, 2.24) is 4.90 Å². The van der Waals surface area contributed by atoms with Gasteiger partial charge in [0.25, 0.3) is 0 Å². The maximum Gasteiger partial charge on any atom is 0.419 e. The fourth-order valence-electron chi connectivity index (χ4n) is 2.07. The van der Waals surface area contributed by atoms with E-state index in [0.29, 0.717) is 13.2 Å². The zero-order valence-corrected chi connectivity index (χ0v) is 10.6. The van der Waals surface area contributed by atoms with E-state index in [1.807, 2.05) is 30.3 Å². The molecule has 0 aliphatic carbocycles. The van der Waals surface area contributed by atoms with E-state index in [-0.39, 0.29) is 13.1 Å². The number of para-hydroxylation sites is 1. The van der Waals surface area contributed by atoms with Crippen LogP contribution in [0.4, 0.5) is 13.2 Å². The monoisotopic (exact) mass is 275 g/mol. The molecule has 0 atom stereocenters. The van der Waals surface area contributed by atoms with E-state index < -0.39 is 11.8 Å². The molecule has 1 fully saturated rings. The summed E-state index contributed by atoms with van der Waals surface area (Å²) in [4.78, 5) is 1.67. The second-order valence-electron chi connectivity index (χ2n) is 4.57. The lowest BCUT2D eigenvalue weighted by atomic mass is 9.93. The van der Waals surface area contributed by atoms with Crippen molar-refractivity contribution in [2.75, 3.05) is 33.4 Å². The Labute approximate surface area is 109 Å². The van der Waals surface area contributed by atoms with E-state index in [0.717, 1.165) is 12.9 Å². The minimum atomic E-state index is -4.32. The summed E-state index contributed by atoms with van der Waals surface area (Å²) < 4.78 is 48.3. The van der Waals surface area contributed by atoms with E-state index in [4.69, 9.17) is 4.74 Å². The summed E-state index contributed by atoms with van der Waals surface area (Å²) in [6.45, 7) is 0.550. The van der Waals surface area contributed by atoms with Crippen LogP contribution in [0, 0.1) is 0 Å². The van der Waals surface area contributed by atoms with Crippen LogP contribution in [-0.4, -0.2) is 50.0 Å². The Kier molecular flexibility index (Phi) is 4.01. The Bertz CT molecular complexity index is 402. The van der Waals surface area contributed by atoms with Crippen molar-refractivity contribution in [3.8, 4) is 5.75 Å². The van der Waals surface area contributed by atoms with Gasteiger partial charge in [0.1, 0.15) is 12.4 Å². The Morgan fingerprint density at radius 3 is 2.37 bits per heavy atom. The molecule has 0 saturated carbocycles. The van der Waals surface area contributed by atoms with Gasteiger partial charge in [-0.1, -0.05) is 18.2 Å². The van der Waals surface area contributed by atoms with Gasteiger partial charge in [0.2, 0.25) is 0 Å². The van der Waals surface area contributed by atoms with Crippen LogP contribution in [0.15, 0.2) is 30.3 Å². The topological polar surface area (TPSA) is 21.7 Å². The molecule has 1 aromatic rings. The molecule has 1 heterocycles. The Morgan fingerprint density at radius 2 is 1.84 bits per heavy atom. The predicted molar refractivity (Wildman–Crippen MR) is 64.2 cm³/mol. The minimum absolute atomic E-state index is 0.134. The van der Waals surface area contributed by atoms with Crippen LogP contribution >= 0.6 is 0 Å². The second-order valence-corrected chi connectivity index (χ2v) is 4.57. The normalized spacial score (nSPS) is 18.9. The molecule has 3 nitrogen and oxygen atoms in total. The predicted octanol–water partition coefficient (Wildman–Crippen LogP) is 2.33. The molecule has 0 spiro atoms. The molecule has 1 aliphatic rings. The molecule has 1 aliphatic heterocycles. The van der Waals surface area contributed by atoms with Crippen LogP contribution in [0.25, 0.3) is 0 Å². The third kappa shape index (κ3) is 3.01. The van der Waals surface area contributed by atoms with Gasteiger partial charge in [-0.25, -0.2) is 0 Å². The van der Waals surface area contributed by atoms with Crippen LogP contribution < -0.4 is 4.74 Å². The summed E-state index contributed by atoms with van der Waals surface area (Å²) in [5.41, 5.74) is -2.00. The van der Waals surface area contributed by atoms with Crippen molar-refractivity contribution < 1.29 is 22.6 Å². The van der Waals surface area contributed by atoms with Crippen LogP contribution in [0.1, 0.15) is 0 Å². The highest BCUT2D eigenvalue weighted by molar-refractivity contribution is 5.20. The molecule has 6 heteroatoms. The summed E-state index contributed by atoms with van der Waals surface area (Å²) in [6, 6.07) is 9.19. The third-order valence-electron chi connectivity index (χ3n) is 3.28. The maximum absolute atomic E-state index is 12.7. The van der Waals surface area contributed by atoms with Gasteiger partial charge >= 0.3 is 6.18 Å². The van der Waals surface area contributed by atoms with Crippen molar-refractivity contribution in [3.63, 3.8) is 0 Å². The molecular weight excluding hydrogens is 259 g/mol. The van der Waals surface area contributed by atoms with Gasteiger partial charge in [0.15, 0.2) is 5.60 Å². The third-order valence-corrected chi connectivity index (χ3v) is 3.28. The van der Waals surface area contributed by atoms with Gasteiger partial charge in [-0.15, -0.1) is 0 Å². The number of hydrogen-bond acceptors (Lipinski definition) is 3. The highest BCUT2D eigenvalue weighted by Gasteiger charge is 2.62. The number of alkyl halides is 3. The molecule has 0 amide bonds. The number of nitrogens with zero attached hydrogens (tertiary/aromatic N) is 1. The SMILES string of the molecule is COC1(C(F)(F)F)CN(CCOc2ccccc2)C1. The number of methoxy groups -OCH3 is 1. The minimum Gasteiger partial charge on any atom is -0.492 e. The molecular formula is C13H16F3NO2. The maximum atomic E-state index is 12.7. The lowest BCUT2D eigenvalue weighted by Gasteiger charge is -2.49. The number of ether oxygens (including phenoxy) is 2. The summed E-state index contributed by atoms with van der Waals surface area (Å²) in [5.74, 6) is 0.719. The van der Waals surface area contributed by atoms with Crippen molar-refractivity contribution in [3.05, 3.63) is 30.3 Å². The van der Waals surface area contributed by atoms with Gasteiger partial charge in [-0.2, -0.15) is 13.2 Å². The number of rotatable bonds is 5. The largest absolute Gasteiger partial charge is 0.492 e. The first kappa shape index (κ1) is 14.1. The van der Waals surface area contributed by atoms with E-state index in [1.165, 1.54) is 0 Å². The zero-order chi connectivity index (χ0) is 13.9. The lowest BCUT2D eigenvalue weighted by molar-refractivity contribution is -0.311. The number of hydrogen-bond donors (Lipinski definition) is 0. The first-order valence-electron chi connectivity index (χ1n) is 5.99. The fraction of sp³-hybridized carbons (Fsp3) is 0.538. The number of likely N-dealkylation sites (tertiary alicyclic amines) is 1. The van der Waals surface area contributed by atoms with E-state index in [2.05, 4.69) is 4.74 Å². The smallest absolute Gasteiger partial charge is 0.419 e. The highest BCUT2D eigenvalue weighted by Crippen LogP contribution is 2.40. The summed E-state index contributed by atoms with van der Waals surface area (Å²) in [7, 11) is 1.10. The Hall–Kier alpha value is -1.27. The highest BCUT2D eigenvalue weighted by atomic mass is 19.4. The van der Waals surface area contributed by atoms with Gasteiger partial charge in [-0.3, -0.25) is 4.90 Å². The van der Waals surface area contributed by atoms with Crippen LogP contribution in [0.5, 0.6) is 5.75 Å². The van der Waals surface area contributed by atoms with Gasteiger partial charge in [0, 0.05) is 26.7 Å². The first-order chi connectivity index (χ1) is 8.97. The van der Waals surface area contributed by atoms with E-state index in [9.17, 15) is 13.2 Å². The first-order valence-corrected chi connectivity index (χ1v) is 5.99. The van der Waals surface area contributed by atoms with Crippen LogP contribution in [-0.2, 0) is 4.74 Å². The molecule has 0 N–H and O–H groups in total. The average Bonchev–Trinajstić information content (AvgIpc) is 2.32. The number of halogens is 3. The summed E-state index contributed by atoms with van der Waals surface area (Å²) in [5, 5.41) is 0. The lowest BCUT2D eigenvalue weighted by Crippen LogP contribution is -2.70. The van der Waals surface area contributed by atoms with Crippen molar-refractivity contribution >= 4 is 0 Å². The summed E-state index contributed by atoms with van der Waals surface area (Å²) in [6.07, 6.45) is -4.32. The van der Waals surface area contributed by atoms with Crippen LogP contribution in [0.3, 0.4) is 0 Å². The Balaban J connectivity index is 1.73. The molecule has 19 heavy (non-hydrogen) atoms. The van der Waals surface area contributed by atoms with E-state index >= 15 is 0 Å². The molecule has 0 unspecified atom stereocenters. The van der Waals surface area contributed by atoms with Gasteiger partial charge in [0.05, 0.1) is 0 Å². The van der Waals surface area contributed by atoms with Gasteiger partial charge < -0.3 is 9.47 Å². The van der Waals surface area contributed by atoms with Crippen molar-refractivity contribution in [2.45, 2.75) is 11.8 Å². The molecule has 1 aromatic carbocycles. The quantitative estimate of drug-likeness (QED) is 0.823. The Morgan fingerprint density at radius 1 is 1.21 bits per heavy atom. The van der Waals surface area contributed by atoms with E-state index in [1.54, 1.807) is 4.90 Å². The molecule has 0 radical (unpaired) electrons. The second kappa shape index (κ2) is 5.38. The fourth-order valence-corrected chi connectivity index (χ4v) is 2.07.